The van der Waals surface area contributed by atoms with Crippen LogP contribution in [-0.4, -0.2) is 15.6 Å². The highest BCUT2D eigenvalue weighted by Gasteiger charge is 2.08. The molecule has 1 heterocycles. The van der Waals surface area contributed by atoms with Gasteiger partial charge in [0.05, 0.1) is 17.8 Å². The molecular formula is C14H11N3O2. The first-order valence-corrected chi connectivity index (χ1v) is 5.67. The summed E-state index contributed by atoms with van der Waals surface area (Å²) in [6.45, 7) is 1.66. The maximum Gasteiger partial charge on any atom is 0.267 e. The van der Waals surface area contributed by atoms with Crippen LogP contribution in [0.5, 0.6) is 0 Å². The molecule has 0 saturated heterocycles. The van der Waals surface area contributed by atoms with Gasteiger partial charge in [-0.1, -0.05) is 12.1 Å². The molecule has 0 atom stereocenters. The number of hydrogen-bond acceptors (Lipinski definition) is 4. The summed E-state index contributed by atoms with van der Waals surface area (Å²) in [4.78, 5) is 23.6. The van der Waals surface area contributed by atoms with Crippen LogP contribution in [0.1, 0.15) is 21.5 Å². The van der Waals surface area contributed by atoms with Gasteiger partial charge in [-0.2, -0.15) is 10.4 Å². The molecule has 0 aliphatic carbocycles. The second-order valence-electron chi connectivity index (χ2n) is 4.14. The van der Waals surface area contributed by atoms with Crippen molar-refractivity contribution in [2.45, 2.75) is 13.5 Å². The van der Waals surface area contributed by atoms with Gasteiger partial charge in [-0.3, -0.25) is 9.59 Å². The van der Waals surface area contributed by atoms with Gasteiger partial charge in [-0.15, -0.1) is 0 Å². The first kappa shape index (κ1) is 12.7. The number of ketones is 1. The Labute approximate surface area is 109 Å². The van der Waals surface area contributed by atoms with Gasteiger partial charge in [0.25, 0.3) is 5.56 Å². The van der Waals surface area contributed by atoms with Crippen LogP contribution in [0.15, 0.2) is 41.3 Å². The Hall–Kier alpha value is -2.74. The fourth-order valence-corrected chi connectivity index (χ4v) is 1.60. The highest BCUT2D eigenvalue weighted by Crippen LogP contribution is 2.05. The minimum absolute atomic E-state index is 0.106. The van der Waals surface area contributed by atoms with E-state index in [-0.39, 0.29) is 17.9 Å². The molecule has 1 aromatic heterocycles. The standard InChI is InChI=1S/C14H11N3O2/c1-10-6-14(19)17(16-8-10)9-13(18)12-4-2-11(7-15)3-5-12/h2-6,8H,9H2,1H3. The van der Waals surface area contributed by atoms with Crippen molar-refractivity contribution >= 4 is 5.78 Å². The lowest BCUT2D eigenvalue weighted by molar-refractivity contribution is 0.0965. The van der Waals surface area contributed by atoms with Crippen molar-refractivity contribution in [3.05, 3.63) is 63.6 Å². The zero-order valence-electron chi connectivity index (χ0n) is 10.3. The molecule has 0 unspecified atom stereocenters. The number of carbonyl (C=O) groups excluding carboxylic acids is 1. The summed E-state index contributed by atoms with van der Waals surface area (Å²) in [6.07, 6.45) is 1.54. The van der Waals surface area contributed by atoms with Crippen molar-refractivity contribution in [3.8, 4) is 6.07 Å². The number of nitriles is 1. The van der Waals surface area contributed by atoms with E-state index in [0.717, 1.165) is 10.2 Å². The summed E-state index contributed by atoms with van der Waals surface area (Å²) in [5.41, 5.74) is 1.39. The molecule has 19 heavy (non-hydrogen) atoms. The molecule has 0 amide bonds. The number of carbonyl (C=O) groups is 1. The molecule has 0 bridgehead atoms. The number of hydrogen-bond donors (Lipinski definition) is 0. The minimum Gasteiger partial charge on any atom is -0.292 e. The van der Waals surface area contributed by atoms with Gasteiger partial charge in [0.1, 0.15) is 6.54 Å². The normalized spacial score (nSPS) is 9.89. The fraction of sp³-hybridized carbons (Fsp3) is 0.143. The first-order valence-electron chi connectivity index (χ1n) is 5.67. The first-order chi connectivity index (χ1) is 9.10. The number of nitrogens with zero attached hydrogens (tertiary/aromatic N) is 3. The van der Waals surface area contributed by atoms with Crippen LogP contribution in [0.25, 0.3) is 0 Å². The van der Waals surface area contributed by atoms with E-state index in [1.165, 1.54) is 12.3 Å². The third-order valence-corrected chi connectivity index (χ3v) is 2.64. The maximum absolute atomic E-state index is 12.0. The summed E-state index contributed by atoms with van der Waals surface area (Å²) in [5.74, 6) is -0.219. The smallest absolute Gasteiger partial charge is 0.267 e. The van der Waals surface area contributed by atoms with Crippen LogP contribution in [-0.2, 0) is 6.54 Å². The molecule has 94 valence electrons. The molecular weight excluding hydrogens is 242 g/mol. The van der Waals surface area contributed by atoms with Gasteiger partial charge < -0.3 is 0 Å². The van der Waals surface area contributed by atoms with E-state index in [1.807, 2.05) is 6.07 Å². The third kappa shape index (κ3) is 2.93. The lowest BCUT2D eigenvalue weighted by atomic mass is 10.1. The van der Waals surface area contributed by atoms with Crippen LogP contribution in [0, 0.1) is 18.3 Å². The zero-order chi connectivity index (χ0) is 13.8. The molecule has 2 aromatic rings. The summed E-state index contributed by atoms with van der Waals surface area (Å²) in [5, 5.41) is 12.6. The molecule has 0 saturated carbocycles. The summed E-state index contributed by atoms with van der Waals surface area (Å²) in [6, 6.07) is 9.68. The highest BCUT2D eigenvalue weighted by molar-refractivity contribution is 5.95. The number of benzene rings is 1. The maximum atomic E-state index is 12.0. The minimum atomic E-state index is -0.304. The number of aromatic nitrogens is 2. The molecule has 0 aliphatic heterocycles. The van der Waals surface area contributed by atoms with E-state index in [0.29, 0.717) is 11.1 Å². The summed E-state index contributed by atoms with van der Waals surface area (Å²) < 4.78 is 1.12. The van der Waals surface area contributed by atoms with E-state index >= 15 is 0 Å². The van der Waals surface area contributed by atoms with Crippen LogP contribution in [0.4, 0.5) is 0 Å². The zero-order valence-corrected chi connectivity index (χ0v) is 10.3. The Morgan fingerprint density at radius 1 is 1.37 bits per heavy atom. The van der Waals surface area contributed by atoms with Crippen LogP contribution in [0.3, 0.4) is 0 Å². The van der Waals surface area contributed by atoms with Gasteiger partial charge in [0, 0.05) is 11.6 Å². The molecule has 0 radical (unpaired) electrons. The number of rotatable bonds is 3. The lowest BCUT2D eigenvalue weighted by Crippen LogP contribution is -2.26. The van der Waals surface area contributed by atoms with E-state index in [4.69, 9.17) is 5.26 Å². The van der Waals surface area contributed by atoms with Crippen molar-refractivity contribution < 1.29 is 4.79 Å². The Morgan fingerprint density at radius 2 is 2.05 bits per heavy atom. The van der Waals surface area contributed by atoms with Gasteiger partial charge in [-0.05, 0) is 24.6 Å². The Balaban J connectivity index is 2.21. The fourth-order valence-electron chi connectivity index (χ4n) is 1.60. The van der Waals surface area contributed by atoms with E-state index in [9.17, 15) is 9.59 Å². The van der Waals surface area contributed by atoms with Crippen molar-refractivity contribution in [3.63, 3.8) is 0 Å². The van der Waals surface area contributed by atoms with Crippen molar-refractivity contribution in [1.82, 2.24) is 9.78 Å². The molecule has 0 fully saturated rings. The van der Waals surface area contributed by atoms with Gasteiger partial charge in [0.15, 0.2) is 5.78 Å². The summed E-state index contributed by atoms with van der Waals surface area (Å²) in [7, 11) is 0. The second kappa shape index (κ2) is 5.27. The van der Waals surface area contributed by atoms with E-state index < -0.39 is 0 Å². The van der Waals surface area contributed by atoms with Crippen LogP contribution < -0.4 is 5.56 Å². The average Bonchev–Trinajstić information content (AvgIpc) is 2.42. The lowest BCUT2D eigenvalue weighted by Gasteiger charge is -2.04. The van der Waals surface area contributed by atoms with Gasteiger partial charge >= 0.3 is 0 Å². The number of Topliss-reactive ketones (excluding diaryl/α,β-unsaturated/α-hetero) is 1. The van der Waals surface area contributed by atoms with E-state index in [1.54, 1.807) is 31.2 Å². The van der Waals surface area contributed by atoms with Gasteiger partial charge in [-0.25, -0.2) is 4.68 Å². The van der Waals surface area contributed by atoms with Crippen molar-refractivity contribution in [2.24, 2.45) is 0 Å². The van der Waals surface area contributed by atoms with Crippen LogP contribution >= 0.6 is 0 Å². The molecule has 5 nitrogen and oxygen atoms in total. The Bertz CT molecular complexity index is 709. The third-order valence-electron chi connectivity index (χ3n) is 2.64. The molecule has 5 heteroatoms. The predicted molar refractivity (Wildman–Crippen MR) is 68.7 cm³/mol. The van der Waals surface area contributed by atoms with Crippen molar-refractivity contribution in [2.75, 3.05) is 0 Å². The molecule has 0 N–H and O–H groups in total. The SMILES string of the molecule is Cc1cnn(CC(=O)c2ccc(C#N)cc2)c(=O)c1. The van der Waals surface area contributed by atoms with Gasteiger partial charge in [0.2, 0.25) is 0 Å². The average molecular weight is 253 g/mol. The van der Waals surface area contributed by atoms with Crippen LogP contribution in [0.2, 0.25) is 0 Å². The Kier molecular flexibility index (Phi) is 3.53. The quantitative estimate of drug-likeness (QED) is 0.773. The summed E-state index contributed by atoms with van der Waals surface area (Å²) >= 11 is 0. The number of aryl methyl sites for hydroxylation is 1. The second-order valence-corrected chi connectivity index (χ2v) is 4.14. The topological polar surface area (TPSA) is 75.8 Å². The van der Waals surface area contributed by atoms with Crippen molar-refractivity contribution in [1.29, 1.82) is 5.26 Å². The molecule has 0 spiro atoms. The highest BCUT2D eigenvalue weighted by atomic mass is 16.1. The molecule has 0 aliphatic rings. The van der Waals surface area contributed by atoms with E-state index in [2.05, 4.69) is 5.10 Å². The molecule has 2 rings (SSSR count). The molecule has 1 aromatic carbocycles. The predicted octanol–water partition coefficient (Wildman–Crippen LogP) is 1.31. The monoisotopic (exact) mass is 253 g/mol. The largest absolute Gasteiger partial charge is 0.292 e. The Morgan fingerprint density at radius 3 is 2.63 bits per heavy atom.